The minimum absolute atomic E-state index is 0.180. The van der Waals surface area contributed by atoms with Crippen molar-refractivity contribution < 1.29 is 0 Å². The molecule has 6 nitrogen and oxygen atoms in total. The Kier molecular flexibility index (Phi) is 5.26. The first-order chi connectivity index (χ1) is 15.1. The molecule has 0 amide bonds. The molecule has 0 bridgehead atoms. The van der Waals surface area contributed by atoms with Gasteiger partial charge in [0.25, 0.3) is 5.56 Å². The number of halogens is 2. The largest absolute Gasteiger partial charge is 0.365 e. The summed E-state index contributed by atoms with van der Waals surface area (Å²) < 4.78 is 1.32. The van der Waals surface area contributed by atoms with Crippen molar-refractivity contribution in [2.45, 2.75) is 0 Å². The zero-order chi connectivity index (χ0) is 21.4. The molecule has 2 aromatic carbocycles. The average molecular weight is 452 g/mol. The van der Waals surface area contributed by atoms with Crippen molar-refractivity contribution in [1.29, 1.82) is 0 Å². The third-order valence-electron chi connectivity index (χ3n) is 5.53. The van der Waals surface area contributed by atoms with Crippen LogP contribution in [-0.2, 0) is 0 Å². The van der Waals surface area contributed by atoms with Gasteiger partial charge in [0.1, 0.15) is 16.0 Å². The van der Waals surface area contributed by atoms with Gasteiger partial charge in [0, 0.05) is 31.6 Å². The summed E-state index contributed by atoms with van der Waals surface area (Å²) in [5.41, 5.74) is 1.02. The lowest BCUT2D eigenvalue weighted by Gasteiger charge is -2.37. The number of benzene rings is 2. The summed E-state index contributed by atoms with van der Waals surface area (Å²) >= 11 is 12.9. The van der Waals surface area contributed by atoms with Gasteiger partial charge in [0.15, 0.2) is 0 Å². The lowest BCUT2D eigenvalue weighted by molar-refractivity contribution is 0.644. The molecule has 1 aliphatic rings. The number of pyridine rings is 1. The van der Waals surface area contributed by atoms with Crippen LogP contribution in [0.1, 0.15) is 0 Å². The highest BCUT2D eigenvalue weighted by Crippen LogP contribution is 2.28. The molecule has 1 aliphatic heterocycles. The van der Waals surface area contributed by atoms with Crippen molar-refractivity contribution in [2.24, 2.45) is 0 Å². The van der Waals surface area contributed by atoms with E-state index in [2.05, 4.69) is 25.9 Å². The fourth-order valence-electron chi connectivity index (χ4n) is 3.88. The standard InChI is InChI=1S/C23H19Cl2N5O/c24-21-19(15-26-30(23(21)31)17-7-2-1-3-8-17)28-10-12-29(13-11-28)20-14-16-6-4-5-9-18(16)22(25)27-20/h1-9,14-15H,10-13H2. The molecule has 0 atom stereocenters. The molecule has 2 aromatic heterocycles. The molecule has 0 saturated carbocycles. The minimum Gasteiger partial charge on any atom is -0.365 e. The Morgan fingerprint density at radius 1 is 0.839 bits per heavy atom. The molecule has 156 valence electrons. The summed E-state index contributed by atoms with van der Waals surface area (Å²) in [6, 6.07) is 19.3. The number of nitrogens with zero attached hydrogens (tertiary/aromatic N) is 5. The van der Waals surface area contributed by atoms with Gasteiger partial charge in [-0.25, -0.2) is 4.98 Å². The van der Waals surface area contributed by atoms with Crippen molar-refractivity contribution in [1.82, 2.24) is 14.8 Å². The topological polar surface area (TPSA) is 54.3 Å². The van der Waals surface area contributed by atoms with E-state index >= 15 is 0 Å². The molecule has 0 N–H and O–H groups in total. The van der Waals surface area contributed by atoms with Crippen molar-refractivity contribution >= 4 is 45.5 Å². The Hall–Kier alpha value is -3.09. The van der Waals surface area contributed by atoms with E-state index < -0.39 is 0 Å². The molecule has 0 aliphatic carbocycles. The molecule has 1 saturated heterocycles. The average Bonchev–Trinajstić information content (AvgIpc) is 2.81. The molecular weight excluding hydrogens is 433 g/mol. The lowest BCUT2D eigenvalue weighted by Crippen LogP contribution is -2.47. The quantitative estimate of drug-likeness (QED) is 0.431. The first-order valence-electron chi connectivity index (χ1n) is 10.0. The number of rotatable bonds is 3. The van der Waals surface area contributed by atoms with Crippen molar-refractivity contribution in [3.8, 4) is 5.69 Å². The van der Waals surface area contributed by atoms with Crippen LogP contribution in [0.15, 0.2) is 71.7 Å². The molecular formula is C23H19Cl2N5O. The van der Waals surface area contributed by atoms with E-state index in [0.29, 0.717) is 29.6 Å². The van der Waals surface area contributed by atoms with Gasteiger partial charge in [-0.15, -0.1) is 0 Å². The fourth-order valence-corrected chi connectivity index (χ4v) is 4.39. The summed E-state index contributed by atoms with van der Waals surface area (Å²) in [4.78, 5) is 21.7. The highest BCUT2D eigenvalue weighted by molar-refractivity contribution is 6.34. The summed E-state index contributed by atoms with van der Waals surface area (Å²) in [5, 5.41) is 7.04. The van der Waals surface area contributed by atoms with Crippen molar-refractivity contribution in [3.05, 3.63) is 87.4 Å². The Bertz CT molecular complexity index is 1300. The van der Waals surface area contributed by atoms with Crippen LogP contribution < -0.4 is 15.4 Å². The van der Waals surface area contributed by atoms with Gasteiger partial charge < -0.3 is 9.80 Å². The highest BCUT2D eigenvalue weighted by Gasteiger charge is 2.23. The van der Waals surface area contributed by atoms with Crippen LogP contribution >= 0.6 is 23.2 Å². The van der Waals surface area contributed by atoms with Crippen LogP contribution in [0.3, 0.4) is 0 Å². The monoisotopic (exact) mass is 451 g/mol. The fraction of sp³-hybridized carbons (Fsp3) is 0.174. The SMILES string of the molecule is O=c1c(Cl)c(N2CCN(c3cc4ccccc4c(Cl)n3)CC2)cnn1-c1ccccc1. The van der Waals surface area contributed by atoms with Crippen LogP contribution in [-0.4, -0.2) is 40.9 Å². The first kappa shape index (κ1) is 19.8. The molecule has 0 spiro atoms. The summed E-state index contributed by atoms with van der Waals surface area (Å²) in [7, 11) is 0. The predicted octanol–water partition coefficient (Wildman–Crippen LogP) is 4.41. The Morgan fingerprint density at radius 3 is 2.29 bits per heavy atom. The normalized spacial score (nSPS) is 14.3. The van der Waals surface area contributed by atoms with E-state index in [-0.39, 0.29) is 10.6 Å². The second-order valence-electron chi connectivity index (χ2n) is 7.36. The van der Waals surface area contributed by atoms with E-state index in [1.165, 1.54) is 4.68 Å². The number of fused-ring (bicyclic) bond motifs is 1. The first-order valence-corrected chi connectivity index (χ1v) is 10.8. The van der Waals surface area contributed by atoms with Crippen LogP contribution in [0, 0.1) is 0 Å². The minimum atomic E-state index is -0.323. The third kappa shape index (κ3) is 3.73. The molecule has 5 rings (SSSR count). The van der Waals surface area contributed by atoms with Gasteiger partial charge in [-0.2, -0.15) is 9.78 Å². The van der Waals surface area contributed by atoms with E-state index in [4.69, 9.17) is 23.2 Å². The van der Waals surface area contributed by atoms with Crippen molar-refractivity contribution in [3.63, 3.8) is 0 Å². The second-order valence-corrected chi connectivity index (χ2v) is 8.10. The van der Waals surface area contributed by atoms with Crippen LogP contribution in [0.25, 0.3) is 16.5 Å². The molecule has 8 heteroatoms. The van der Waals surface area contributed by atoms with Crippen molar-refractivity contribution in [2.75, 3.05) is 36.0 Å². The van der Waals surface area contributed by atoms with Crippen LogP contribution in [0.2, 0.25) is 10.2 Å². The second kappa shape index (κ2) is 8.21. The van der Waals surface area contributed by atoms with E-state index in [1.807, 2.05) is 54.6 Å². The molecule has 0 radical (unpaired) electrons. The summed E-state index contributed by atoms with van der Waals surface area (Å²) in [6.45, 7) is 2.87. The maximum absolute atomic E-state index is 12.8. The zero-order valence-electron chi connectivity index (χ0n) is 16.6. The molecule has 3 heterocycles. The van der Waals surface area contributed by atoms with E-state index in [1.54, 1.807) is 6.20 Å². The van der Waals surface area contributed by atoms with Gasteiger partial charge in [-0.05, 0) is 23.6 Å². The Labute approximate surface area is 189 Å². The van der Waals surface area contributed by atoms with E-state index in [0.717, 1.165) is 29.7 Å². The molecule has 31 heavy (non-hydrogen) atoms. The van der Waals surface area contributed by atoms with Gasteiger partial charge in [-0.1, -0.05) is 65.7 Å². The maximum Gasteiger partial charge on any atom is 0.292 e. The van der Waals surface area contributed by atoms with Crippen LogP contribution in [0.4, 0.5) is 11.5 Å². The number of anilines is 2. The predicted molar refractivity (Wildman–Crippen MR) is 126 cm³/mol. The lowest BCUT2D eigenvalue weighted by atomic mass is 10.1. The zero-order valence-corrected chi connectivity index (χ0v) is 18.1. The number of hydrogen-bond donors (Lipinski definition) is 0. The number of hydrogen-bond acceptors (Lipinski definition) is 5. The van der Waals surface area contributed by atoms with E-state index in [9.17, 15) is 4.79 Å². The summed E-state index contributed by atoms with van der Waals surface area (Å²) in [5.74, 6) is 0.854. The van der Waals surface area contributed by atoms with Gasteiger partial charge in [0.05, 0.1) is 17.6 Å². The van der Waals surface area contributed by atoms with Crippen LogP contribution in [0.5, 0.6) is 0 Å². The Balaban J connectivity index is 1.36. The summed E-state index contributed by atoms with van der Waals surface area (Å²) in [6.07, 6.45) is 1.66. The third-order valence-corrected chi connectivity index (χ3v) is 6.17. The molecule has 1 fully saturated rings. The van der Waals surface area contributed by atoms with Gasteiger partial charge in [0.2, 0.25) is 0 Å². The number of piperazine rings is 1. The van der Waals surface area contributed by atoms with Gasteiger partial charge in [-0.3, -0.25) is 4.79 Å². The van der Waals surface area contributed by atoms with Gasteiger partial charge >= 0.3 is 0 Å². The maximum atomic E-state index is 12.8. The number of para-hydroxylation sites is 1. The Morgan fingerprint density at radius 2 is 1.52 bits per heavy atom. The molecule has 4 aromatic rings. The highest BCUT2D eigenvalue weighted by atomic mass is 35.5. The molecule has 0 unspecified atom stereocenters. The number of aromatic nitrogens is 3. The smallest absolute Gasteiger partial charge is 0.292 e.